The number of hydrogen-bond donors (Lipinski definition) is 0. The van der Waals surface area contributed by atoms with Crippen LogP contribution in [-0.4, -0.2) is 47.6 Å². The molecule has 0 N–H and O–H groups in total. The fourth-order valence-corrected chi connectivity index (χ4v) is 4.61. The van der Waals surface area contributed by atoms with Gasteiger partial charge in [-0.15, -0.1) is 0 Å². The van der Waals surface area contributed by atoms with Crippen LogP contribution in [0.25, 0.3) is 0 Å². The van der Waals surface area contributed by atoms with Gasteiger partial charge in [0.05, 0.1) is 4.90 Å². The van der Waals surface area contributed by atoms with Crippen molar-refractivity contribution in [3.8, 4) is 0 Å². The molecule has 1 fully saturated rings. The van der Waals surface area contributed by atoms with Gasteiger partial charge in [0.15, 0.2) is 0 Å². The minimum atomic E-state index is -3.59. The molecule has 1 aliphatic rings. The fraction of sp³-hybridized carbons (Fsp3) is 0.400. The van der Waals surface area contributed by atoms with Crippen molar-refractivity contribution >= 4 is 15.9 Å². The molecule has 1 heterocycles. The molecule has 0 atom stereocenters. The average molecular weight is 388 g/mol. The molecule has 1 saturated carbocycles. The van der Waals surface area contributed by atoms with E-state index >= 15 is 0 Å². The fourth-order valence-electron chi connectivity index (χ4n) is 3.11. The Morgan fingerprint density at radius 3 is 2.37 bits per heavy atom. The molecule has 0 radical (unpaired) electrons. The third kappa shape index (κ3) is 4.36. The second-order valence-electron chi connectivity index (χ2n) is 6.64. The summed E-state index contributed by atoms with van der Waals surface area (Å²) in [5.74, 6) is -0.133. The maximum absolute atomic E-state index is 13.1. The van der Waals surface area contributed by atoms with Crippen LogP contribution < -0.4 is 0 Å². The summed E-state index contributed by atoms with van der Waals surface area (Å²) in [6.07, 6.45) is 5.38. The standard InChI is InChI=1S/C20H25N3O3S/c1-3-22(4-2)27(25,26)19-7-5-6-17(14-19)20(24)23(18-8-9-18)15-16-10-12-21-13-11-16/h5-7,10-14,18H,3-4,8-9,15H2,1-2H3. The second-order valence-corrected chi connectivity index (χ2v) is 8.57. The summed E-state index contributed by atoms with van der Waals surface area (Å²) in [6, 6.07) is 10.4. The Kier molecular flexibility index (Phi) is 5.92. The van der Waals surface area contributed by atoms with Crippen molar-refractivity contribution in [2.75, 3.05) is 13.1 Å². The van der Waals surface area contributed by atoms with E-state index in [-0.39, 0.29) is 16.8 Å². The highest BCUT2D eigenvalue weighted by molar-refractivity contribution is 7.89. The molecule has 6 nitrogen and oxygen atoms in total. The van der Waals surface area contributed by atoms with E-state index in [9.17, 15) is 13.2 Å². The monoisotopic (exact) mass is 387 g/mol. The van der Waals surface area contributed by atoms with Crippen LogP contribution in [0.15, 0.2) is 53.7 Å². The van der Waals surface area contributed by atoms with E-state index in [2.05, 4.69) is 4.98 Å². The lowest BCUT2D eigenvalue weighted by molar-refractivity contribution is 0.0729. The highest BCUT2D eigenvalue weighted by Gasteiger charge is 2.33. The first-order valence-corrected chi connectivity index (χ1v) is 10.7. The van der Waals surface area contributed by atoms with E-state index in [1.807, 2.05) is 17.0 Å². The SMILES string of the molecule is CCN(CC)S(=O)(=O)c1cccc(C(=O)N(Cc2ccncc2)C2CC2)c1. The van der Waals surface area contributed by atoms with Gasteiger partial charge in [0.1, 0.15) is 0 Å². The average Bonchev–Trinajstić information content (AvgIpc) is 3.52. The van der Waals surface area contributed by atoms with Gasteiger partial charge in [-0.3, -0.25) is 9.78 Å². The lowest BCUT2D eigenvalue weighted by atomic mass is 10.1. The number of aromatic nitrogens is 1. The summed E-state index contributed by atoms with van der Waals surface area (Å²) in [4.78, 5) is 19.1. The lowest BCUT2D eigenvalue weighted by Crippen LogP contribution is -2.33. The van der Waals surface area contributed by atoms with Crippen LogP contribution in [0.3, 0.4) is 0 Å². The van der Waals surface area contributed by atoms with Crippen molar-refractivity contribution < 1.29 is 13.2 Å². The Morgan fingerprint density at radius 2 is 1.78 bits per heavy atom. The number of carbonyl (C=O) groups excluding carboxylic acids is 1. The molecule has 1 amide bonds. The number of nitrogens with zero attached hydrogens (tertiary/aromatic N) is 3. The van der Waals surface area contributed by atoms with Crippen molar-refractivity contribution in [3.63, 3.8) is 0 Å². The van der Waals surface area contributed by atoms with Crippen LogP contribution in [-0.2, 0) is 16.6 Å². The molecule has 3 rings (SSSR count). The van der Waals surface area contributed by atoms with Gasteiger partial charge in [-0.25, -0.2) is 8.42 Å². The van der Waals surface area contributed by atoms with Gasteiger partial charge in [-0.05, 0) is 48.7 Å². The Labute approximate surface area is 160 Å². The normalized spacial score (nSPS) is 14.3. The molecule has 0 aliphatic heterocycles. The lowest BCUT2D eigenvalue weighted by Gasteiger charge is -2.23. The van der Waals surface area contributed by atoms with Gasteiger partial charge in [-0.2, -0.15) is 4.31 Å². The third-order valence-electron chi connectivity index (χ3n) is 4.77. The van der Waals surface area contributed by atoms with Crippen molar-refractivity contribution in [2.24, 2.45) is 0 Å². The summed E-state index contributed by atoms with van der Waals surface area (Å²) < 4.78 is 26.9. The Balaban J connectivity index is 1.88. The molecule has 0 spiro atoms. The van der Waals surface area contributed by atoms with Crippen LogP contribution >= 0.6 is 0 Å². The minimum Gasteiger partial charge on any atom is -0.331 e. The van der Waals surface area contributed by atoms with Gasteiger partial charge in [0.25, 0.3) is 5.91 Å². The molecule has 0 unspecified atom stereocenters. The van der Waals surface area contributed by atoms with Crippen LogP contribution in [0.4, 0.5) is 0 Å². The maximum Gasteiger partial charge on any atom is 0.254 e. The summed E-state index contributed by atoms with van der Waals surface area (Å²) in [6.45, 7) is 4.90. The molecule has 27 heavy (non-hydrogen) atoms. The molecule has 7 heteroatoms. The quantitative estimate of drug-likeness (QED) is 0.698. The first kappa shape index (κ1) is 19.5. The molecule has 1 aromatic carbocycles. The first-order valence-electron chi connectivity index (χ1n) is 9.27. The summed E-state index contributed by atoms with van der Waals surface area (Å²) in [7, 11) is -3.59. The molecular weight excluding hydrogens is 362 g/mol. The Bertz CT molecular complexity index is 892. The third-order valence-corrected chi connectivity index (χ3v) is 6.82. The van der Waals surface area contributed by atoms with E-state index in [0.717, 1.165) is 18.4 Å². The van der Waals surface area contributed by atoms with E-state index in [0.29, 0.717) is 25.2 Å². The van der Waals surface area contributed by atoms with E-state index in [1.165, 1.54) is 10.4 Å². The smallest absolute Gasteiger partial charge is 0.254 e. The van der Waals surface area contributed by atoms with Crippen molar-refractivity contribution in [3.05, 3.63) is 59.9 Å². The largest absolute Gasteiger partial charge is 0.331 e. The molecule has 1 aliphatic carbocycles. The summed E-state index contributed by atoms with van der Waals surface area (Å²) in [5.41, 5.74) is 1.42. The number of pyridine rings is 1. The number of amides is 1. The van der Waals surface area contributed by atoms with E-state index in [4.69, 9.17) is 0 Å². The van der Waals surface area contributed by atoms with Gasteiger partial charge in [0, 0.05) is 43.6 Å². The zero-order valence-corrected chi connectivity index (χ0v) is 16.5. The Hall–Kier alpha value is -2.25. The summed E-state index contributed by atoms with van der Waals surface area (Å²) in [5, 5.41) is 0. The zero-order chi connectivity index (χ0) is 19.4. The van der Waals surface area contributed by atoms with Crippen molar-refractivity contribution in [1.29, 1.82) is 0 Å². The minimum absolute atomic E-state index is 0.133. The zero-order valence-electron chi connectivity index (χ0n) is 15.7. The molecule has 0 saturated heterocycles. The molecule has 2 aromatic rings. The van der Waals surface area contributed by atoms with Gasteiger partial charge in [0.2, 0.25) is 10.0 Å². The van der Waals surface area contributed by atoms with Gasteiger partial charge in [-0.1, -0.05) is 19.9 Å². The van der Waals surface area contributed by atoms with E-state index < -0.39 is 10.0 Å². The molecule has 144 valence electrons. The number of benzene rings is 1. The Morgan fingerprint density at radius 1 is 1.11 bits per heavy atom. The van der Waals surface area contributed by atoms with Crippen LogP contribution in [0.5, 0.6) is 0 Å². The van der Waals surface area contributed by atoms with Crippen molar-refractivity contribution in [1.82, 2.24) is 14.2 Å². The topological polar surface area (TPSA) is 70.6 Å². The van der Waals surface area contributed by atoms with Gasteiger partial charge >= 0.3 is 0 Å². The predicted molar refractivity (Wildman–Crippen MR) is 104 cm³/mol. The number of sulfonamides is 1. The molecule has 1 aromatic heterocycles. The van der Waals surface area contributed by atoms with Crippen molar-refractivity contribution in [2.45, 2.75) is 44.2 Å². The van der Waals surface area contributed by atoms with Crippen LogP contribution in [0.1, 0.15) is 42.6 Å². The maximum atomic E-state index is 13.1. The van der Waals surface area contributed by atoms with Crippen LogP contribution in [0.2, 0.25) is 0 Å². The molecule has 0 bridgehead atoms. The number of carbonyl (C=O) groups is 1. The number of rotatable bonds is 8. The predicted octanol–water partition coefficient (Wildman–Crippen LogP) is 2.92. The highest BCUT2D eigenvalue weighted by Crippen LogP contribution is 2.30. The molecular formula is C20H25N3O3S. The van der Waals surface area contributed by atoms with E-state index in [1.54, 1.807) is 44.4 Å². The van der Waals surface area contributed by atoms with Gasteiger partial charge < -0.3 is 4.90 Å². The first-order chi connectivity index (χ1) is 13.0. The highest BCUT2D eigenvalue weighted by atomic mass is 32.2. The van der Waals surface area contributed by atoms with Crippen LogP contribution in [0, 0.1) is 0 Å². The second kappa shape index (κ2) is 8.19. The number of hydrogen-bond acceptors (Lipinski definition) is 4. The summed E-state index contributed by atoms with van der Waals surface area (Å²) >= 11 is 0.